The van der Waals surface area contributed by atoms with Gasteiger partial charge in [-0.15, -0.1) is 0 Å². The molecule has 2 aliphatic rings. The Hall–Kier alpha value is -0.690. The number of carbonyl (C=O) groups excluding carboxylic acids is 1. The van der Waals surface area contributed by atoms with Crippen molar-refractivity contribution in [1.29, 1.82) is 0 Å². The average molecular weight is 258 g/mol. The Bertz CT molecular complexity index is 273. The third kappa shape index (κ3) is 4.20. The molecule has 104 valence electrons. The van der Waals surface area contributed by atoms with Gasteiger partial charge in [0, 0.05) is 38.8 Å². The molecule has 6 heteroatoms. The fourth-order valence-corrected chi connectivity index (χ4v) is 2.27. The summed E-state index contributed by atoms with van der Waals surface area (Å²) in [6.07, 6.45) is 2.38. The molecule has 1 atom stereocenters. The van der Waals surface area contributed by atoms with E-state index in [9.17, 15) is 9.90 Å². The van der Waals surface area contributed by atoms with Gasteiger partial charge in [-0.05, 0) is 12.8 Å². The second-order valence-corrected chi connectivity index (χ2v) is 5.08. The lowest BCUT2D eigenvalue weighted by Gasteiger charge is -2.24. The van der Waals surface area contributed by atoms with Gasteiger partial charge in [0.2, 0.25) is 5.91 Å². The number of hydrogen-bond donors (Lipinski definition) is 3. The molecule has 0 bridgehead atoms. The lowest BCUT2D eigenvalue weighted by Crippen LogP contribution is -2.47. The smallest absolute Gasteiger partial charge is 0.234 e. The highest BCUT2D eigenvalue weighted by molar-refractivity contribution is 5.78. The van der Waals surface area contributed by atoms with E-state index >= 15 is 0 Å². The van der Waals surface area contributed by atoms with Crippen molar-refractivity contribution in [3.63, 3.8) is 0 Å². The molecule has 2 rings (SSSR count). The van der Waals surface area contributed by atoms with E-state index in [1.165, 1.54) is 0 Å². The first-order chi connectivity index (χ1) is 8.68. The van der Waals surface area contributed by atoms with Crippen LogP contribution in [0.15, 0.2) is 0 Å². The van der Waals surface area contributed by atoms with E-state index in [2.05, 4.69) is 10.6 Å². The predicted octanol–water partition coefficient (Wildman–Crippen LogP) is -0.977. The van der Waals surface area contributed by atoms with Gasteiger partial charge in [-0.25, -0.2) is 0 Å². The van der Waals surface area contributed by atoms with Gasteiger partial charge in [0.1, 0.15) is 5.60 Å². The maximum Gasteiger partial charge on any atom is 0.234 e. The normalized spacial score (nSPS) is 29.4. The maximum atomic E-state index is 11.7. The molecule has 0 spiro atoms. The zero-order valence-electron chi connectivity index (χ0n) is 10.6. The van der Waals surface area contributed by atoms with E-state index in [0.29, 0.717) is 26.2 Å². The molecule has 0 aromatic carbocycles. The van der Waals surface area contributed by atoms with Crippen LogP contribution in [0.3, 0.4) is 0 Å². The molecule has 2 aliphatic heterocycles. The largest absolute Gasteiger partial charge is 0.386 e. The van der Waals surface area contributed by atoms with Crippen molar-refractivity contribution < 1.29 is 19.4 Å². The summed E-state index contributed by atoms with van der Waals surface area (Å²) in [6.45, 7) is 3.01. The van der Waals surface area contributed by atoms with Gasteiger partial charge in [-0.1, -0.05) is 0 Å². The van der Waals surface area contributed by atoms with Crippen LogP contribution in [0.1, 0.15) is 19.3 Å². The molecule has 3 N–H and O–H groups in total. The van der Waals surface area contributed by atoms with Crippen LogP contribution in [0.5, 0.6) is 0 Å². The van der Waals surface area contributed by atoms with Crippen molar-refractivity contribution in [2.45, 2.75) is 30.9 Å². The third-order valence-electron chi connectivity index (χ3n) is 3.41. The second-order valence-electron chi connectivity index (χ2n) is 5.08. The van der Waals surface area contributed by atoms with Crippen molar-refractivity contribution in [3.05, 3.63) is 0 Å². The first kappa shape index (κ1) is 13.7. The van der Waals surface area contributed by atoms with Crippen LogP contribution in [0.4, 0.5) is 0 Å². The van der Waals surface area contributed by atoms with Crippen molar-refractivity contribution in [2.75, 3.05) is 39.5 Å². The molecule has 0 aromatic heterocycles. The summed E-state index contributed by atoms with van der Waals surface area (Å²) >= 11 is 0. The Kier molecular flexibility index (Phi) is 4.94. The standard InChI is InChI=1S/C12H22N2O4/c15-11(14-10-1-4-17-5-2-10)7-13-8-12(16)3-6-18-9-12/h10,13,16H,1-9H2,(H,14,15). The van der Waals surface area contributed by atoms with E-state index in [0.717, 1.165) is 26.1 Å². The minimum Gasteiger partial charge on any atom is -0.386 e. The molecule has 0 aliphatic carbocycles. The predicted molar refractivity (Wildman–Crippen MR) is 65.2 cm³/mol. The van der Waals surface area contributed by atoms with E-state index in [1.54, 1.807) is 0 Å². The van der Waals surface area contributed by atoms with Gasteiger partial charge >= 0.3 is 0 Å². The highest BCUT2D eigenvalue weighted by Gasteiger charge is 2.31. The van der Waals surface area contributed by atoms with Gasteiger partial charge in [-0.3, -0.25) is 4.79 Å². The molecule has 6 nitrogen and oxygen atoms in total. The number of aliphatic hydroxyl groups is 1. The second kappa shape index (κ2) is 6.47. The van der Waals surface area contributed by atoms with Crippen molar-refractivity contribution in [1.82, 2.24) is 10.6 Å². The van der Waals surface area contributed by atoms with Crippen LogP contribution < -0.4 is 10.6 Å². The van der Waals surface area contributed by atoms with Gasteiger partial charge in [-0.2, -0.15) is 0 Å². The molecule has 1 unspecified atom stereocenters. The van der Waals surface area contributed by atoms with E-state index < -0.39 is 5.60 Å². The molecule has 0 saturated carbocycles. The zero-order valence-corrected chi connectivity index (χ0v) is 10.6. The third-order valence-corrected chi connectivity index (χ3v) is 3.41. The molecular formula is C12H22N2O4. The molecule has 1 amide bonds. The van der Waals surface area contributed by atoms with Gasteiger partial charge in [0.15, 0.2) is 0 Å². The summed E-state index contributed by atoms with van der Waals surface area (Å²) in [5, 5.41) is 15.9. The minimum absolute atomic E-state index is 0.0237. The summed E-state index contributed by atoms with van der Waals surface area (Å²) in [7, 11) is 0. The molecule has 2 saturated heterocycles. The van der Waals surface area contributed by atoms with E-state index in [-0.39, 0.29) is 18.5 Å². The summed E-state index contributed by atoms with van der Waals surface area (Å²) in [5.74, 6) is -0.0237. The van der Waals surface area contributed by atoms with Gasteiger partial charge in [0.25, 0.3) is 0 Å². The molecular weight excluding hydrogens is 236 g/mol. The molecule has 0 aromatic rings. The number of hydrogen-bond acceptors (Lipinski definition) is 5. The van der Waals surface area contributed by atoms with Gasteiger partial charge < -0.3 is 25.2 Å². The molecule has 2 fully saturated rings. The fourth-order valence-electron chi connectivity index (χ4n) is 2.27. The van der Waals surface area contributed by atoms with Crippen LogP contribution >= 0.6 is 0 Å². The Labute approximate surface area is 107 Å². The first-order valence-electron chi connectivity index (χ1n) is 6.56. The van der Waals surface area contributed by atoms with Crippen LogP contribution in [0.2, 0.25) is 0 Å². The minimum atomic E-state index is -0.807. The zero-order chi connectivity index (χ0) is 12.8. The molecule has 18 heavy (non-hydrogen) atoms. The van der Waals surface area contributed by atoms with Crippen molar-refractivity contribution in [3.8, 4) is 0 Å². The van der Waals surface area contributed by atoms with Crippen LogP contribution in [0.25, 0.3) is 0 Å². The Morgan fingerprint density at radius 1 is 1.28 bits per heavy atom. The van der Waals surface area contributed by atoms with E-state index in [1.807, 2.05) is 0 Å². The van der Waals surface area contributed by atoms with Crippen molar-refractivity contribution >= 4 is 5.91 Å². The highest BCUT2D eigenvalue weighted by atomic mass is 16.5. The Balaban J connectivity index is 1.59. The number of nitrogens with one attached hydrogen (secondary N) is 2. The van der Waals surface area contributed by atoms with Crippen LogP contribution in [-0.2, 0) is 14.3 Å². The lowest BCUT2D eigenvalue weighted by atomic mass is 10.0. The SMILES string of the molecule is O=C(CNCC1(O)CCOC1)NC1CCOCC1. The quantitative estimate of drug-likeness (QED) is 0.591. The molecule has 2 heterocycles. The summed E-state index contributed by atoms with van der Waals surface area (Å²) in [5.41, 5.74) is -0.807. The van der Waals surface area contributed by atoms with Crippen molar-refractivity contribution in [2.24, 2.45) is 0 Å². The number of ether oxygens (including phenoxy) is 2. The topological polar surface area (TPSA) is 79.8 Å². The summed E-state index contributed by atoms with van der Waals surface area (Å²) < 4.78 is 10.4. The monoisotopic (exact) mass is 258 g/mol. The Morgan fingerprint density at radius 3 is 2.72 bits per heavy atom. The first-order valence-corrected chi connectivity index (χ1v) is 6.56. The fraction of sp³-hybridized carbons (Fsp3) is 0.917. The Morgan fingerprint density at radius 2 is 2.06 bits per heavy atom. The number of rotatable bonds is 5. The maximum absolute atomic E-state index is 11.7. The highest BCUT2D eigenvalue weighted by Crippen LogP contribution is 2.16. The van der Waals surface area contributed by atoms with Gasteiger partial charge in [0.05, 0.1) is 13.2 Å². The number of carbonyl (C=O) groups is 1. The average Bonchev–Trinajstić information content (AvgIpc) is 2.77. The lowest BCUT2D eigenvalue weighted by molar-refractivity contribution is -0.121. The summed E-state index contributed by atoms with van der Waals surface area (Å²) in [4.78, 5) is 11.7. The van der Waals surface area contributed by atoms with Crippen LogP contribution in [-0.4, -0.2) is 62.2 Å². The summed E-state index contributed by atoms with van der Waals surface area (Å²) in [6, 6.07) is 0.228. The van der Waals surface area contributed by atoms with Crippen LogP contribution in [0, 0.1) is 0 Å². The van der Waals surface area contributed by atoms with E-state index in [4.69, 9.17) is 9.47 Å². The molecule has 0 radical (unpaired) electrons. The number of amides is 1.